The third-order valence-electron chi connectivity index (χ3n) is 3.91. The highest BCUT2D eigenvalue weighted by Gasteiger charge is 2.15. The van der Waals surface area contributed by atoms with E-state index >= 15 is 0 Å². The molecular weight excluding hydrogens is 286 g/mol. The number of aliphatic imine (C=N–C) groups is 1. The van der Waals surface area contributed by atoms with Crippen LogP contribution in [0.3, 0.4) is 0 Å². The molecule has 5 nitrogen and oxygen atoms in total. The predicted octanol–water partition coefficient (Wildman–Crippen LogP) is 3.24. The minimum atomic E-state index is 0.565. The van der Waals surface area contributed by atoms with Crippen LogP contribution in [-0.2, 0) is 6.54 Å². The van der Waals surface area contributed by atoms with Crippen molar-refractivity contribution in [2.45, 2.75) is 32.7 Å². The molecule has 0 saturated carbocycles. The Morgan fingerprint density at radius 1 is 1.13 bits per heavy atom. The van der Waals surface area contributed by atoms with Crippen molar-refractivity contribution >= 4 is 11.6 Å². The summed E-state index contributed by atoms with van der Waals surface area (Å²) in [7, 11) is 0. The van der Waals surface area contributed by atoms with E-state index in [2.05, 4.69) is 32.3 Å². The lowest BCUT2D eigenvalue weighted by molar-refractivity contribution is 0.340. The highest BCUT2D eigenvalue weighted by Crippen LogP contribution is 2.13. The molecule has 0 radical (unpaired) electrons. The first kappa shape index (κ1) is 15.5. The zero-order chi connectivity index (χ0) is 15.9. The molecule has 2 aromatic rings. The van der Waals surface area contributed by atoms with E-state index in [1.54, 1.807) is 6.20 Å². The van der Waals surface area contributed by atoms with Crippen LogP contribution < -0.4 is 5.32 Å². The van der Waals surface area contributed by atoms with Crippen LogP contribution in [0.2, 0.25) is 0 Å². The first-order valence-electron chi connectivity index (χ1n) is 8.21. The summed E-state index contributed by atoms with van der Waals surface area (Å²) >= 11 is 0. The lowest BCUT2D eigenvalue weighted by Crippen LogP contribution is -2.40. The Kier molecular flexibility index (Phi) is 5.19. The van der Waals surface area contributed by atoms with Crippen molar-refractivity contribution in [1.29, 1.82) is 0 Å². The van der Waals surface area contributed by atoms with Crippen LogP contribution in [-0.4, -0.2) is 33.9 Å². The standard InChI is InChI=1S/C18H23N5/c1-15-19-11-10-17(21-15)14-20-18(23-12-6-3-7-13-23)22-16-8-4-2-5-9-16/h2,4-5,8-11H,3,6-7,12-14H2,1H3,(H,20,22). The molecule has 23 heavy (non-hydrogen) atoms. The number of hydrogen-bond donors (Lipinski definition) is 1. The molecule has 1 aliphatic heterocycles. The van der Waals surface area contributed by atoms with Gasteiger partial charge in [-0.3, -0.25) is 0 Å². The van der Waals surface area contributed by atoms with Gasteiger partial charge in [-0.1, -0.05) is 18.2 Å². The van der Waals surface area contributed by atoms with E-state index < -0.39 is 0 Å². The highest BCUT2D eigenvalue weighted by molar-refractivity contribution is 5.93. The van der Waals surface area contributed by atoms with Crippen molar-refractivity contribution in [3.63, 3.8) is 0 Å². The van der Waals surface area contributed by atoms with Gasteiger partial charge in [-0.05, 0) is 44.4 Å². The molecule has 2 heterocycles. The van der Waals surface area contributed by atoms with E-state index in [1.807, 2.05) is 31.2 Å². The van der Waals surface area contributed by atoms with Crippen molar-refractivity contribution in [2.75, 3.05) is 18.4 Å². The van der Waals surface area contributed by atoms with Crippen LogP contribution >= 0.6 is 0 Å². The van der Waals surface area contributed by atoms with E-state index in [1.165, 1.54) is 19.3 Å². The van der Waals surface area contributed by atoms with Gasteiger partial charge in [-0.2, -0.15) is 0 Å². The topological polar surface area (TPSA) is 53.4 Å². The van der Waals surface area contributed by atoms with Gasteiger partial charge in [0.15, 0.2) is 5.96 Å². The van der Waals surface area contributed by atoms with Crippen LogP contribution in [0.4, 0.5) is 5.69 Å². The van der Waals surface area contributed by atoms with Gasteiger partial charge in [0, 0.05) is 25.0 Å². The Labute approximate surface area is 137 Å². The lowest BCUT2D eigenvalue weighted by Gasteiger charge is -2.30. The van der Waals surface area contributed by atoms with E-state index in [-0.39, 0.29) is 0 Å². The third kappa shape index (κ3) is 4.52. The summed E-state index contributed by atoms with van der Waals surface area (Å²) in [6, 6.07) is 12.1. The molecule has 1 saturated heterocycles. The number of piperidine rings is 1. The maximum absolute atomic E-state index is 4.80. The van der Waals surface area contributed by atoms with Crippen LogP contribution in [0, 0.1) is 6.92 Å². The molecule has 0 unspecified atom stereocenters. The van der Waals surface area contributed by atoms with Crippen LogP contribution in [0.1, 0.15) is 30.8 Å². The van der Waals surface area contributed by atoms with E-state index in [0.29, 0.717) is 6.54 Å². The summed E-state index contributed by atoms with van der Waals surface area (Å²) in [5.74, 6) is 1.72. The molecule has 0 amide bonds. The summed E-state index contributed by atoms with van der Waals surface area (Å²) in [4.78, 5) is 15.7. The van der Waals surface area contributed by atoms with Crippen molar-refractivity contribution < 1.29 is 0 Å². The number of nitrogens with one attached hydrogen (secondary N) is 1. The molecular formula is C18H23N5. The van der Waals surface area contributed by atoms with Gasteiger partial charge in [0.05, 0.1) is 12.2 Å². The number of aromatic nitrogens is 2. The van der Waals surface area contributed by atoms with Gasteiger partial charge in [-0.15, -0.1) is 0 Å². The number of para-hydroxylation sites is 1. The van der Waals surface area contributed by atoms with Gasteiger partial charge in [0.25, 0.3) is 0 Å². The minimum Gasteiger partial charge on any atom is -0.343 e. The molecule has 5 heteroatoms. The van der Waals surface area contributed by atoms with Gasteiger partial charge >= 0.3 is 0 Å². The lowest BCUT2D eigenvalue weighted by atomic mass is 10.1. The molecule has 0 atom stereocenters. The fourth-order valence-corrected chi connectivity index (χ4v) is 2.72. The second-order valence-corrected chi connectivity index (χ2v) is 5.77. The molecule has 0 bridgehead atoms. The SMILES string of the molecule is Cc1nccc(CN=C(Nc2ccccc2)N2CCCCC2)n1. The molecule has 120 valence electrons. The fourth-order valence-electron chi connectivity index (χ4n) is 2.72. The third-order valence-corrected chi connectivity index (χ3v) is 3.91. The fraction of sp³-hybridized carbons (Fsp3) is 0.389. The first-order chi connectivity index (χ1) is 11.3. The summed E-state index contributed by atoms with van der Waals surface area (Å²) in [6.45, 7) is 4.58. The number of rotatable bonds is 3. The maximum Gasteiger partial charge on any atom is 0.198 e. The van der Waals surface area contributed by atoms with E-state index in [0.717, 1.165) is 36.3 Å². The molecule has 1 fully saturated rings. The average Bonchev–Trinajstić information content (AvgIpc) is 2.60. The smallest absolute Gasteiger partial charge is 0.198 e. The van der Waals surface area contributed by atoms with Gasteiger partial charge in [-0.25, -0.2) is 15.0 Å². The van der Waals surface area contributed by atoms with Crippen molar-refractivity contribution in [1.82, 2.24) is 14.9 Å². The molecule has 3 rings (SSSR count). The largest absolute Gasteiger partial charge is 0.343 e. The van der Waals surface area contributed by atoms with E-state index in [4.69, 9.17) is 4.99 Å². The summed E-state index contributed by atoms with van der Waals surface area (Å²) < 4.78 is 0. The van der Waals surface area contributed by atoms with Crippen molar-refractivity contribution in [3.05, 3.63) is 54.1 Å². The Morgan fingerprint density at radius 2 is 1.91 bits per heavy atom. The Balaban J connectivity index is 1.77. The highest BCUT2D eigenvalue weighted by atomic mass is 15.3. The number of benzene rings is 1. The number of anilines is 1. The van der Waals surface area contributed by atoms with Gasteiger partial charge in [0.2, 0.25) is 0 Å². The quantitative estimate of drug-likeness (QED) is 0.698. The Hall–Kier alpha value is -2.43. The summed E-state index contributed by atoms with van der Waals surface area (Å²) in [5.41, 5.74) is 2.01. The van der Waals surface area contributed by atoms with Crippen molar-refractivity contribution in [3.8, 4) is 0 Å². The van der Waals surface area contributed by atoms with Crippen molar-refractivity contribution in [2.24, 2.45) is 4.99 Å². The first-order valence-corrected chi connectivity index (χ1v) is 8.21. The molecule has 1 aromatic carbocycles. The number of guanidine groups is 1. The van der Waals surface area contributed by atoms with E-state index in [9.17, 15) is 0 Å². The van der Waals surface area contributed by atoms with Gasteiger partial charge < -0.3 is 10.2 Å². The Bertz CT molecular complexity index is 647. The number of nitrogens with zero attached hydrogens (tertiary/aromatic N) is 4. The molecule has 1 aliphatic rings. The molecule has 1 aromatic heterocycles. The summed E-state index contributed by atoms with van der Waals surface area (Å²) in [5, 5.41) is 3.47. The maximum atomic E-state index is 4.80. The molecule has 0 aliphatic carbocycles. The predicted molar refractivity (Wildman–Crippen MR) is 93.4 cm³/mol. The zero-order valence-electron chi connectivity index (χ0n) is 13.6. The Morgan fingerprint density at radius 3 is 2.65 bits per heavy atom. The average molecular weight is 309 g/mol. The molecule has 1 N–H and O–H groups in total. The van der Waals surface area contributed by atoms with Crippen LogP contribution in [0.5, 0.6) is 0 Å². The van der Waals surface area contributed by atoms with Gasteiger partial charge in [0.1, 0.15) is 5.82 Å². The van der Waals surface area contributed by atoms with Crippen LogP contribution in [0.25, 0.3) is 0 Å². The number of likely N-dealkylation sites (tertiary alicyclic amines) is 1. The monoisotopic (exact) mass is 309 g/mol. The summed E-state index contributed by atoms with van der Waals surface area (Å²) in [6.07, 6.45) is 5.54. The number of aryl methyl sites for hydroxylation is 1. The van der Waals surface area contributed by atoms with Crippen LogP contribution in [0.15, 0.2) is 47.6 Å². The second-order valence-electron chi connectivity index (χ2n) is 5.77. The molecule has 0 spiro atoms. The normalized spacial score (nSPS) is 15.5. The second kappa shape index (κ2) is 7.72. The minimum absolute atomic E-state index is 0.565. The number of hydrogen-bond acceptors (Lipinski definition) is 3. The zero-order valence-corrected chi connectivity index (χ0v) is 13.6.